The van der Waals surface area contributed by atoms with Crippen LogP contribution in [0.4, 0.5) is 5.69 Å². The van der Waals surface area contributed by atoms with E-state index in [1.807, 2.05) is 4.90 Å². The van der Waals surface area contributed by atoms with Gasteiger partial charge in [0.05, 0.1) is 5.54 Å². The minimum Gasteiger partial charge on any atom is -0.339 e. The first kappa shape index (κ1) is 14.5. The molecule has 0 spiro atoms. The smallest absolute Gasteiger partial charge is 0.253 e. The van der Waals surface area contributed by atoms with Gasteiger partial charge in [0.1, 0.15) is 0 Å². The fraction of sp³-hybridized carbons (Fsp3) is 0.467. The van der Waals surface area contributed by atoms with Gasteiger partial charge in [-0.25, -0.2) is 0 Å². The maximum atomic E-state index is 12.2. The molecule has 20 heavy (non-hydrogen) atoms. The van der Waals surface area contributed by atoms with Gasteiger partial charge in [0.2, 0.25) is 5.91 Å². The molecule has 1 aliphatic heterocycles. The largest absolute Gasteiger partial charge is 0.339 e. The Bertz CT molecular complexity index is 497. The van der Waals surface area contributed by atoms with Crippen molar-refractivity contribution in [1.29, 1.82) is 0 Å². The van der Waals surface area contributed by atoms with Crippen molar-refractivity contribution in [2.45, 2.75) is 32.2 Å². The number of rotatable bonds is 3. The van der Waals surface area contributed by atoms with Crippen LogP contribution in [-0.4, -0.2) is 35.3 Å². The third-order valence-electron chi connectivity index (χ3n) is 3.37. The van der Waals surface area contributed by atoms with Crippen LogP contribution in [0.2, 0.25) is 0 Å². The summed E-state index contributed by atoms with van der Waals surface area (Å²) < 4.78 is 0. The number of amides is 2. The van der Waals surface area contributed by atoms with E-state index < -0.39 is 5.54 Å². The number of carbonyl (C=O) groups excluding carboxylic acids is 2. The highest BCUT2D eigenvalue weighted by Gasteiger charge is 2.22. The lowest BCUT2D eigenvalue weighted by Gasteiger charge is -2.18. The van der Waals surface area contributed by atoms with Gasteiger partial charge < -0.3 is 16.0 Å². The summed E-state index contributed by atoms with van der Waals surface area (Å²) in [5, 5.41) is 2.73. The maximum Gasteiger partial charge on any atom is 0.253 e. The monoisotopic (exact) mass is 275 g/mol. The first-order chi connectivity index (χ1) is 9.38. The quantitative estimate of drug-likeness (QED) is 0.879. The van der Waals surface area contributed by atoms with Crippen molar-refractivity contribution in [1.82, 2.24) is 4.90 Å². The van der Waals surface area contributed by atoms with Gasteiger partial charge in [0.25, 0.3) is 5.91 Å². The molecular formula is C15H21N3O2. The fourth-order valence-corrected chi connectivity index (χ4v) is 2.09. The van der Waals surface area contributed by atoms with Gasteiger partial charge in [-0.15, -0.1) is 0 Å². The van der Waals surface area contributed by atoms with Crippen molar-refractivity contribution in [2.24, 2.45) is 5.73 Å². The van der Waals surface area contributed by atoms with Gasteiger partial charge in [0.15, 0.2) is 0 Å². The summed E-state index contributed by atoms with van der Waals surface area (Å²) in [6.45, 7) is 4.96. The van der Waals surface area contributed by atoms with E-state index in [9.17, 15) is 9.59 Å². The van der Waals surface area contributed by atoms with Crippen molar-refractivity contribution in [3.63, 3.8) is 0 Å². The molecule has 0 unspecified atom stereocenters. The molecule has 1 heterocycles. The molecule has 1 aliphatic rings. The van der Waals surface area contributed by atoms with Crippen molar-refractivity contribution in [2.75, 3.05) is 18.4 Å². The predicted octanol–water partition coefficient (Wildman–Crippen LogP) is 1.60. The maximum absolute atomic E-state index is 12.2. The second-order valence-electron chi connectivity index (χ2n) is 5.75. The first-order valence-corrected chi connectivity index (χ1v) is 6.87. The van der Waals surface area contributed by atoms with E-state index in [1.54, 1.807) is 38.1 Å². The van der Waals surface area contributed by atoms with Gasteiger partial charge in [-0.2, -0.15) is 0 Å². The molecule has 5 heteroatoms. The molecule has 0 aromatic heterocycles. The van der Waals surface area contributed by atoms with Crippen LogP contribution in [0.5, 0.6) is 0 Å². The standard InChI is InChI=1S/C15H21N3O2/c1-15(2,16)14(20)17-12-7-5-11(6-8-12)13(19)18-9-3-4-10-18/h5-8H,3-4,9-10,16H2,1-2H3,(H,17,20). The summed E-state index contributed by atoms with van der Waals surface area (Å²) >= 11 is 0. The Morgan fingerprint density at radius 2 is 1.70 bits per heavy atom. The Labute approximate surface area is 119 Å². The Kier molecular flexibility index (Phi) is 4.09. The minimum atomic E-state index is -0.927. The third-order valence-corrected chi connectivity index (χ3v) is 3.37. The lowest BCUT2D eigenvalue weighted by Crippen LogP contribution is -2.45. The van der Waals surface area contributed by atoms with Crippen LogP contribution in [0.3, 0.4) is 0 Å². The molecule has 1 saturated heterocycles. The molecule has 0 radical (unpaired) electrons. The van der Waals surface area contributed by atoms with Crippen molar-refractivity contribution >= 4 is 17.5 Å². The zero-order valence-electron chi connectivity index (χ0n) is 12.0. The molecule has 5 nitrogen and oxygen atoms in total. The summed E-state index contributed by atoms with van der Waals surface area (Å²) in [5.41, 5.74) is 6.08. The van der Waals surface area contributed by atoms with Crippen LogP contribution in [0, 0.1) is 0 Å². The van der Waals surface area contributed by atoms with Crippen molar-refractivity contribution in [3.05, 3.63) is 29.8 Å². The zero-order valence-corrected chi connectivity index (χ0v) is 12.0. The number of carbonyl (C=O) groups is 2. The number of nitrogens with zero attached hydrogens (tertiary/aromatic N) is 1. The summed E-state index contributed by atoms with van der Waals surface area (Å²) in [6.07, 6.45) is 2.15. The summed E-state index contributed by atoms with van der Waals surface area (Å²) in [6, 6.07) is 6.93. The van der Waals surface area contributed by atoms with Crippen molar-refractivity contribution in [3.8, 4) is 0 Å². The van der Waals surface area contributed by atoms with Gasteiger partial charge in [0, 0.05) is 24.3 Å². The predicted molar refractivity (Wildman–Crippen MR) is 78.5 cm³/mol. The van der Waals surface area contributed by atoms with Crippen LogP contribution < -0.4 is 11.1 Å². The number of hydrogen-bond donors (Lipinski definition) is 2. The van der Waals surface area contributed by atoms with E-state index >= 15 is 0 Å². The number of benzene rings is 1. The molecule has 1 aromatic rings. The van der Waals surface area contributed by atoms with E-state index in [2.05, 4.69) is 5.32 Å². The van der Waals surface area contributed by atoms with Crippen molar-refractivity contribution < 1.29 is 9.59 Å². The summed E-state index contributed by atoms with van der Waals surface area (Å²) in [7, 11) is 0. The van der Waals surface area contributed by atoms with E-state index in [0.717, 1.165) is 25.9 Å². The SMILES string of the molecule is CC(C)(N)C(=O)Nc1ccc(C(=O)N2CCCC2)cc1. The molecule has 2 amide bonds. The molecule has 0 bridgehead atoms. The summed E-state index contributed by atoms with van der Waals surface area (Å²) in [5.74, 6) is -0.198. The van der Waals surface area contributed by atoms with Crippen LogP contribution in [-0.2, 0) is 4.79 Å². The van der Waals surface area contributed by atoms with Gasteiger partial charge in [-0.05, 0) is 51.0 Å². The Hall–Kier alpha value is -1.88. The van der Waals surface area contributed by atoms with Gasteiger partial charge in [-0.1, -0.05) is 0 Å². The van der Waals surface area contributed by atoms with Crippen LogP contribution >= 0.6 is 0 Å². The number of likely N-dealkylation sites (tertiary alicyclic amines) is 1. The Morgan fingerprint density at radius 3 is 2.20 bits per heavy atom. The molecule has 1 fully saturated rings. The molecule has 2 rings (SSSR count). The van der Waals surface area contributed by atoms with E-state index in [4.69, 9.17) is 5.73 Å². The van der Waals surface area contributed by atoms with Crippen LogP contribution in [0.15, 0.2) is 24.3 Å². The molecular weight excluding hydrogens is 254 g/mol. The van der Waals surface area contributed by atoms with E-state index in [1.165, 1.54) is 0 Å². The van der Waals surface area contributed by atoms with Gasteiger partial charge in [-0.3, -0.25) is 9.59 Å². The lowest BCUT2D eigenvalue weighted by molar-refractivity contribution is -0.120. The Balaban J connectivity index is 2.03. The van der Waals surface area contributed by atoms with Gasteiger partial charge >= 0.3 is 0 Å². The molecule has 1 aromatic carbocycles. The fourth-order valence-electron chi connectivity index (χ4n) is 2.09. The lowest BCUT2D eigenvalue weighted by atomic mass is 10.1. The van der Waals surface area contributed by atoms with E-state index in [0.29, 0.717) is 11.3 Å². The van der Waals surface area contributed by atoms with E-state index in [-0.39, 0.29) is 11.8 Å². The molecule has 108 valence electrons. The number of hydrogen-bond acceptors (Lipinski definition) is 3. The highest BCUT2D eigenvalue weighted by Crippen LogP contribution is 2.16. The highest BCUT2D eigenvalue weighted by atomic mass is 16.2. The number of nitrogens with two attached hydrogens (primary N) is 1. The molecule has 0 aliphatic carbocycles. The minimum absolute atomic E-state index is 0.0551. The average molecular weight is 275 g/mol. The number of nitrogens with one attached hydrogen (secondary N) is 1. The molecule has 0 saturated carbocycles. The Morgan fingerprint density at radius 1 is 1.15 bits per heavy atom. The van der Waals surface area contributed by atoms with Crippen LogP contribution in [0.25, 0.3) is 0 Å². The normalized spacial score (nSPS) is 15.2. The van der Waals surface area contributed by atoms with Crippen LogP contribution in [0.1, 0.15) is 37.0 Å². The number of anilines is 1. The second-order valence-corrected chi connectivity index (χ2v) is 5.75. The second kappa shape index (κ2) is 5.63. The highest BCUT2D eigenvalue weighted by molar-refractivity contribution is 5.98. The topological polar surface area (TPSA) is 75.4 Å². The molecule has 0 atom stereocenters. The molecule has 3 N–H and O–H groups in total. The zero-order chi connectivity index (χ0) is 14.8. The third kappa shape index (κ3) is 3.36. The summed E-state index contributed by atoms with van der Waals surface area (Å²) in [4.78, 5) is 25.8. The first-order valence-electron chi connectivity index (χ1n) is 6.87. The average Bonchev–Trinajstić information content (AvgIpc) is 2.91.